The smallest absolute Gasteiger partial charge is 0.444 e. The van der Waals surface area contributed by atoms with Gasteiger partial charge in [-0.3, -0.25) is 32.3 Å². The average Bonchev–Trinajstić information content (AvgIpc) is 4.19. The number of hydrogen-bond acceptors (Lipinski definition) is 20. The van der Waals surface area contributed by atoms with Crippen LogP contribution in [0, 0.1) is 6.57 Å². The molecule has 0 bridgehead atoms. The number of alkyl halides is 1. The fourth-order valence-electron chi connectivity index (χ4n) is 7.83. The number of fused-ring (bicyclic) bond motifs is 2. The highest BCUT2D eigenvalue weighted by Gasteiger charge is 2.53. The predicted molar refractivity (Wildman–Crippen MR) is 263 cm³/mol. The number of aliphatic hydroxyl groups is 2. The molecular weight excluding hydrogens is 1020 g/mol. The van der Waals surface area contributed by atoms with Crippen molar-refractivity contribution in [3.63, 3.8) is 0 Å². The van der Waals surface area contributed by atoms with Crippen molar-refractivity contribution in [1.82, 2.24) is 48.8 Å². The molecule has 76 heavy (non-hydrogen) atoms. The molecule has 6 heterocycles. The molecule has 2 fully saturated rings. The molecule has 1 unspecified atom stereocenters. The summed E-state index contributed by atoms with van der Waals surface area (Å²) in [5, 5.41) is 27.7. The Hall–Kier alpha value is -7.61. The first kappa shape index (κ1) is 54.6. The standard InChI is InChI=1S/C47H53FN13O14P/c1-47(2,3)74-46(67)59(6)19-18-58(5)45(66)73-36-34(63)30(72-44(36)61-26-55-33-38(51-24-53-40(33)61)57-42(65)28-15-11-8-12-16-28)22-70-76(68,69-20-17-49-4)75-35-29(21-62)71-43(31(35)48)60-25-54-32-37(50-23-52-39(32)60)56-41(64)27-13-9-7-10-14-27/h7-16,23-26,29-31,34-36,43-44,62-63H,17-22H2,1-3,5-6H3,(H,50,52,56,64)(H,51,53,57,65)/t29-,30-,31-,34-,35-,36-,43-,44-,76?/m1/s1. The van der Waals surface area contributed by atoms with Gasteiger partial charge >= 0.3 is 20.0 Å². The van der Waals surface area contributed by atoms with Gasteiger partial charge in [-0.05, 0) is 45.0 Å². The van der Waals surface area contributed by atoms with Crippen molar-refractivity contribution in [3.05, 3.63) is 109 Å². The molecule has 4 aromatic heterocycles. The van der Waals surface area contributed by atoms with Crippen molar-refractivity contribution in [1.29, 1.82) is 0 Å². The van der Waals surface area contributed by atoms with Crippen LogP contribution < -0.4 is 10.6 Å². The summed E-state index contributed by atoms with van der Waals surface area (Å²) in [7, 11) is -2.17. The van der Waals surface area contributed by atoms with E-state index >= 15 is 4.39 Å². The lowest BCUT2D eigenvalue weighted by Gasteiger charge is -2.27. The van der Waals surface area contributed by atoms with E-state index in [9.17, 15) is 34.0 Å². The van der Waals surface area contributed by atoms with E-state index in [2.05, 4.69) is 45.4 Å². The summed E-state index contributed by atoms with van der Waals surface area (Å²) in [5.74, 6) is -1.01. The van der Waals surface area contributed by atoms with Crippen molar-refractivity contribution in [2.24, 2.45) is 0 Å². The third-order valence-corrected chi connectivity index (χ3v) is 13.2. The van der Waals surface area contributed by atoms with Crippen LogP contribution in [-0.2, 0) is 37.1 Å². The fourth-order valence-corrected chi connectivity index (χ4v) is 9.22. The first-order chi connectivity index (χ1) is 36.4. The quantitative estimate of drug-likeness (QED) is 0.0496. The first-order valence-electron chi connectivity index (χ1n) is 23.5. The molecule has 0 aliphatic carbocycles. The van der Waals surface area contributed by atoms with E-state index in [0.717, 1.165) is 17.6 Å². The lowest BCUT2D eigenvalue weighted by Crippen LogP contribution is -2.43. The van der Waals surface area contributed by atoms with Gasteiger partial charge in [0.2, 0.25) is 6.54 Å². The lowest BCUT2D eigenvalue weighted by molar-refractivity contribution is -0.0624. The van der Waals surface area contributed by atoms with Crippen LogP contribution in [0.2, 0.25) is 0 Å². The van der Waals surface area contributed by atoms with E-state index in [1.165, 1.54) is 40.8 Å². The molecule has 2 aliphatic heterocycles. The SMILES string of the molecule is [C-]#[N+]CCOP(=O)(OC[C@H]1O[C@@H](n2cnc3c(NC(=O)c4ccccc4)ncnc32)[C@H](OC(=O)N(C)CCN(C)C(=O)OC(C)(C)C)[C@@H]1O)O[C@H]1[C@@H](F)[C@H](n2cnc3c(NC(=O)c4ccccc4)ncnc32)O[C@@H]1CO. The Morgan fingerprint density at radius 1 is 0.776 bits per heavy atom. The summed E-state index contributed by atoms with van der Waals surface area (Å²) >= 11 is 0. The molecule has 0 radical (unpaired) electrons. The number of nitrogens with zero attached hydrogens (tertiary/aromatic N) is 11. The Balaban J connectivity index is 1.02. The van der Waals surface area contributed by atoms with Crippen LogP contribution in [0.3, 0.4) is 0 Å². The Morgan fingerprint density at radius 2 is 1.30 bits per heavy atom. The number of ether oxygens (including phenoxy) is 4. The van der Waals surface area contributed by atoms with Crippen LogP contribution in [0.15, 0.2) is 86.0 Å². The van der Waals surface area contributed by atoms with Crippen LogP contribution >= 0.6 is 7.82 Å². The maximum Gasteiger partial charge on any atom is 0.475 e. The first-order valence-corrected chi connectivity index (χ1v) is 24.9. The molecule has 29 heteroatoms. The van der Waals surface area contributed by atoms with Gasteiger partial charge in [0.1, 0.15) is 49.3 Å². The summed E-state index contributed by atoms with van der Waals surface area (Å²) in [6, 6.07) is 16.6. The second kappa shape index (κ2) is 23.5. The minimum atomic E-state index is -5.04. The largest absolute Gasteiger partial charge is 0.475 e. The molecule has 6 aromatic rings. The van der Waals surface area contributed by atoms with Gasteiger partial charge in [0.25, 0.3) is 11.8 Å². The van der Waals surface area contributed by atoms with E-state index in [0.29, 0.717) is 11.1 Å². The normalized spacial score (nSPS) is 22.1. The molecule has 0 spiro atoms. The van der Waals surface area contributed by atoms with E-state index < -0.39 is 106 Å². The number of halogens is 1. The molecule has 0 saturated carbocycles. The second-order valence-electron chi connectivity index (χ2n) is 18.2. The average molecular weight is 1070 g/mol. The van der Waals surface area contributed by atoms with Crippen molar-refractivity contribution < 1.29 is 70.9 Å². The van der Waals surface area contributed by atoms with Gasteiger partial charge < -0.3 is 54.4 Å². The highest BCUT2D eigenvalue weighted by molar-refractivity contribution is 7.48. The fraction of sp³-hybridized carbons (Fsp3) is 0.426. The van der Waals surface area contributed by atoms with Gasteiger partial charge in [-0.15, -0.1) is 0 Å². The van der Waals surface area contributed by atoms with Gasteiger partial charge in [0, 0.05) is 38.3 Å². The number of anilines is 2. The van der Waals surface area contributed by atoms with Crippen LogP contribution in [0.1, 0.15) is 53.9 Å². The van der Waals surface area contributed by atoms with Gasteiger partial charge in [-0.2, -0.15) is 0 Å². The van der Waals surface area contributed by atoms with Gasteiger partial charge in [0.15, 0.2) is 58.7 Å². The Morgan fingerprint density at radius 3 is 1.83 bits per heavy atom. The van der Waals surface area contributed by atoms with Crippen molar-refractivity contribution >= 4 is 65.8 Å². The molecule has 9 atom stereocenters. The van der Waals surface area contributed by atoms with Crippen molar-refractivity contribution in [2.75, 3.05) is 64.2 Å². The third-order valence-electron chi connectivity index (χ3n) is 11.7. The van der Waals surface area contributed by atoms with Crippen LogP contribution in [0.25, 0.3) is 27.2 Å². The van der Waals surface area contributed by atoms with Gasteiger partial charge in [0.05, 0.1) is 25.9 Å². The zero-order valence-corrected chi connectivity index (χ0v) is 42.4. The Bertz CT molecular complexity index is 3130. The summed E-state index contributed by atoms with van der Waals surface area (Å²) in [4.78, 5) is 83.6. The maximum atomic E-state index is 16.8. The predicted octanol–water partition coefficient (Wildman–Crippen LogP) is 4.41. The Kier molecular flexibility index (Phi) is 16.9. The molecule has 2 aromatic carbocycles. The number of likely N-dealkylation sites (N-methyl/N-ethyl adjacent to an activating group) is 2. The Labute approximate surface area is 432 Å². The molecule has 402 valence electrons. The molecule has 2 saturated heterocycles. The number of aliphatic hydroxyl groups excluding tert-OH is 2. The van der Waals surface area contributed by atoms with Crippen LogP contribution in [0.5, 0.6) is 0 Å². The number of imidazole rings is 2. The van der Waals surface area contributed by atoms with E-state index in [-0.39, 0.29) is 53.6 Å². The molecule has 4 amide bonds. The number of carbonyl (C=O) groups is 4. The summed E-state index contributed by atoms with van der Waals surface area (Å²) in [5.41, 5.74) is 0.0691. The number of amides is 4. The molecular formula is C47H53FN13O14P. The van der Waals surface area contributed by atoms with Gasteiger partial charge in [-0.1, -0.05) is 36.4 Å². The zero-order chi connectivity index (χ0) is 54.3. The van der Waals surface area contributed by atoms with E-state index in [1.54, 1.807) is 81.4 Å². The minimum Gasteiger partial charge on any atom is -0.444 e. The van der Waals surface area contributed by atoms with E-state index in [1.807, 2.05) is 0 Å². The zero-order valence-electron chi connectivity index (χ0n) is 41.5. The van der Waals surface area contributed by atoms with Crippen molar-refractivity contribution in [3.8, 4) is 0 Å². The third kappa shape index (κ3) is 12.4. The molecule has 27 nitrogen and oxygen atoms in total. The molecule has 4 N–H and O–H groups in total. The summed E-state index contributed by atoms with van der Waals surface area (Å²) < 4.78 is 74.3. The lowest BCUT2D eigenvalue weighted by atomic mass is 10.1. The van der Waals surface area contributed by atoms with Gasteiger partial charge in [-0.25, -0.2) is 55.0 Å². The van der Waals surface area contributed by atoms with Crippen LogP contribution in [0.4, 0.5) is 25.6 Å². The van der Waals surface area contributed by atoms with E-state index in [4.69, 9.17) is 39.1 Å². The monoisotopic (exact) mass is 1070 g/mol. The minimum absolute atomic E-state index is 0.000848. The number of nitrogens with one attached hydrogen (secondary N) is 2. The summed E-state index contributed by atoms with van der Waals surface area (Å²) in [6.45, 7) is 9.73. The number of phosphoric acid groups is 1. The topological polar surface area (TPSA) is 313 Å². The number of rotatable bonds is 19. The number of aromatic nitrogens is 8. The molecule has 8 rings (SSSR count). The number of phosphoric ester groups is 1. The number of hydrogen-bond donors (Lipinski definition) is 4. The maximum absolute atomic E-state index is 16.8. The number of benzene rings is 2. The molecule has 2 aliphatic rings. The summed E-state index contributed by atoms with van der Waals surface area (Å²) in [6.07, 6.45) is -10.6. The highest BCUT2D eigenvalue weighted by Crippen LogP contribution is 2.54. The highest BCUT2D eigenvalue weighted by atomic mass is 31.2. The van der Waals surface area contributed by atoms with Crippen molar-refractivity contribution in [2.45, 2.75) is 75.5 Å². The van der Waals surface area contributed by atoms with Crippen LogP contribution in [-0.4, -0.2) is 179 Å². The number of carbonyl (C=O) groups excluding carboxylic acids is 4. The second-order valence-corrected chi connectivity index (χ2v) is 19.8.